The fraction of sp³-hybridized carbons (Fsp3) is 0.733. The monoisotopic (exact) mass is 292 g/mol. The first kappa shape index (κ1) is 14.7. The van der Waals surface area contributed by atoms with Gasteiger partial charge in [0.15, 0.2) is 0 Å². The molecule has 116 valence electrons. The average Bonchev–Trinajstić information content (AvgIpc) is 2.94. The van der Waals surface area contributed by atoms with E-state index < -0.39 is 5.60 Å². The van der Waals surface area contributed by atoms with Gasteiger partial charge in [-0.15, -0.1) is 0 Å². The number of aliphatic hydroxyl groups is 1. The molecule has 0 spiro atoms. The van der Waals surface area contributed by atoms with Crippen molar-refractivity contribution >= 4 is 5.82 Å². The maximum Gasteiger partial charge on any atom is 0.131 e. The SMILES string of the molecule is CN(c1ccncn1)C1CCN(CC2(O)CCOC2)CC1. The van der Waals surface area contributed by atoms with Crippen molar-refractivity contribution in [2.24, 2.45) is 0 Å². The van der Waals surface area contributed by atoms with Crippen LogP contribution in [0.5, 0.6) is 0 Å². The van der Waals surface area contributed by atoms with Crippen LogP contribution in [0.2, 0.25) is 0 Å². The lowest BCUT2D eigenvalue weighted by atomic mass is 9.98. The molecular formula is C15H24N4O2. The Morgan fingerprint density at radius 2 is 2.29 bits per heavy atom. The van der Waals surface area contributed by atoms with Crippen LogP contribution in [0.15, 0.2) is 18.6 Å². The molecule has 1 unspecified atom stereocenters. The minimum absolute atomic E-state index is 0.480. The van der Waals surface area contributed by atoms with Gasteiger partial charge in [-0.05, 0) is 18.9 Å². The summed E-state index contributed by atoms with van der Waals surface area (Å²) in [4.78, 5) is 12.9. The zero-order valence-electron chi connectivity index (χ0n) is 12.6. The molecule has 0 bridgehead atoms. The molecule has 3 rings (SSSR count). The molecule has 0 radical (unpaired) electrons. The Kier molecular flexibility index (Phi) is 4.37. The molecular weight excluding hydrogens is 268 g/mol. The Morgan fingerprint density at radius 3 is 2.90 bits per heavy atom. The van der Waals surface area contributed by atoms with Crippen molar-refractivity contribution in [3.8, 4) is 0 Å². The molecule has 2 aliphatic rings. The van der Waals surface area contributed by atoms with Crippen LogP contribution in [0.1, 0.15) is 19.3 Å². The highest BCUT2D eigenvalue weighted by atomic mass is 16.5. The number of β-amino-alcohol motifs (C(OH)–C–C–N with tert-alkyl or cyclic N) is 1. The van der Waals surface area contributed by atoms with Gasteiger partial charge in [0.2, 0.25) is 0 Å². The van der Waals surface area contributed by atoms with Gasteiger partial charge in [0.05, 0.1) is 6.61 Å². The van der Waals surface area contributed by atoms with Gasteiger partial charge in [-0.3, -0.25) is 0 Å². The molecule has 21 heavy (non-hydrogen) atoms. The first-order valence-electron chi connectivity index (χ1n) is 7.68. The van der Waals surface area contributed by atoms with Crippen LogP contribution in [0, 0.1) is 0 Å². The quantitative estimate of drug-likeness (QED) is 0.873. The van der Waals surface area contributed by atoms with Crippen LogP contribution < -0.4 is 4.90 Å². The van der Waals surface area contributed by atoms with Crippen molar-refractivity contribution in [1.82, 2.24) is 14.9 Å². The number of piperidine rings is 1. The number of likely N-dealkylation sites (tertiary alicyclic amines) is 1. The predicted octanol–water partition coefficient (Wildman–Crippen LogP) is 0.529. The van der Waals surface area contributed by atoms with E-state index in [4.69, 9.17) is 4.74 Å². The lowest BCUT2D eigenvalue weighted by Gasteiger charge is -2.39. The Morgan fingerprint density at radius 1 is 1.48 bits per heavy atom. The average molecular weight is 292 g/mol. The van der Waals surface area contributed by atoms with Gasteiger partial charge >= 0.3 is 0 Å². The summed E-state index contributed by atoms with van der Waals surface area (Å²) >= 11 is 0. The number of hydrogen-bond donors (Lipinski definition) is 1. The standard InChI is InChI=1S/C15H24N4O2/c1-18(14-2-6-16-12-17-14)13-3-7-19(8-4-13)10-15(20)5-9-21-11-15/h2,6,12-13,20H,3-5,7-11H2,1H3. The summed E-state index contributed by atoms with van der Waals surface area (Å²) in [5.74, 6) is 0.978. The van der Waals surface area contributed by atoms with Crippen LogP contribution in [-0.4, -0.2) is 71.5 Å². The number of rotatable bonds is 4. The van der Waals surface area contributed by atoms with Crippen molar-refractivity contribution in [3.63, 3.8) is 0 Å². The zero-order valence-corrected chi connectivity index (χ0v) is 12.6. The van der Waals surface area contributed by atoms with Gasteiger partial charge in [-0.2, -0.15) is 0 Å². The highest BCUT2D eigenvalue weighted by Gasteiger charge is 2.35. The molecule has 1 N–H and O–H groups in total. The fourth-order valence-electron chi connectivity index (χ4n) is 3.28. The molecule has 0 aromatic carbocycles. The van der Waals surface area contributed by atoms with E-state index in [9.17, 15) is 5.11 Å². The molecule has 3 heterocycles. The third-order valence-corrected chi connectivity index (χ3v) is 4.63. The normalized spacial score (nSPS) is 27.9. The van der Waals surface area contributed by atoms with E-state index in [1.54, 1.807) is 12.5 Å². The van der Waals surface area contributed by atoms with Crippen LogP contribution in [0.3, 0.4) is 0 Å². The van der Waals surface area contributed by atoms with Crippen LogP contribution in [-0.2, 0) is 4.74 Å². The van der Waals surface area contributed by atoms with Crippen LogP contribution in [0.25, 0.3) is 0 Å². The second-order valence-electron chi connectivity index (χ2n) is 6.21. The Balaban J connectivity index is 1.51. The predicted molar refractivity (Wildman–Crippen MR) is 80.3 cm³/mol. The first-order chi connectivity index (χ1) is 10.2. The lowest BCUT2D eigenvalue weighted by molar-refractivity contribution is -0.00957. The van der Waals surface area contributed by atoms with Crippen molar-refractivity contribution in [2.45, 2.75) is 30.9 Å². The number of ether oxygens (including phenoxy) is 1. The van der Waals surface area contributed by atoms with E-state index in [0.717, 1.165) is 44.7 Å². The molecule has 2 aliphatic heterocycles. The molecule has 2 saturated heterocycles. The maximum atomic E-state index is 10.4. The molecule has 1 atom stereocenters. The minimum atomic E-state index is -0.634. The highest BCUT2D eigenvalue weighted by Crippen LogP contribution is 2.24. The molecule has 6 heteroatoms. The maximum absolute atomic E-state index is 10.4. The Labute approximate surface area is 125 Å². The van der Waals surface area contributed by atoms with Gasteiger partial charge in [0.25, 0.3) is 0 Å². The number of aromatic nitrogens is 2. The molecule has 0 aliphatic carbocycles. The van der Waals surface area contributed by atoms with Gasteiger partial charge in [0.1, 0.15) is 17.7 Å². The summed E-state index contributed by atoms with van der Waals surface area (Å²) in [6.45, 7) is 3.93. The van der Waals surface area contributed by atoms with E-state index in [2.05, 4.69) is 26.8 Å². The van der Waals surface area contributed by atoms with Gasteiger partial charge in [0, 0.05) is 51.9 Å². The van der Waals surface area contributed by atoms with E-state index in [1.165, 1.54) is 0 Å². The smallest absolute Gasteiger partial charge is 0.131 e. The zero-order chi connectivity index (χ0) is 14.7. The summed E-state index contributed by atoms with van der Waals surface area (Å²) in [6.07, 6.45) is 6.32. The van der Waals surface area contributed by atoms with Gasteiger partial charge < -0.3 is 19.6 Å². The Bertz CT molecular complexity index is 442. The summed E-state index contributed by atoms with van der Waals surface area (Å²) < 4.78 is 5.32. The number of anilines is 1. The highest BCUT2D eigenvalue weighted by molar-refractivity contribution is 5.36. The van der Waals surface area contributed by atoms with E-state index in [0.29, 0.717) is 19.3 Å². The summed E-state index contributed by atoms with van der Waals surface area (Å²) in [5, 5.41) is 10.4. The third kappa shape index (κ3) is 3.51. The molecule has 1 aromatic rings. The molecule has 2 fully saturated rings. The topological polar surface area (TPSA) is 61.7 Å². The first-order valence-corrected chi connectivity index (χ1v) is 7.68. The summed E-state index contributed by atoms with van der Waals surface area (Å²) in [6, 6.07) is 2.45. The van der Waals surface area contributed by atoms with Crippen molar-refractivity contribution < 1.29 is 9.84 Å². The van der Waals surface area contributed by atoms with E-state index in [-0.39, 0.29) is 0 Å². The number of hydrogen-bond acceptors (Lipinski definition) is 6. The van der Waals surface area contributed by atoms with Crippen LogP contribution >= 0.6 is 0 Å². The van der Waals surface area contributed by atoms with E-state index in [1.807, 2.05) is 6.07 Å². The van der Waals surface area contributed by atoms with Crippen LogP contribution in [0.4, 0.5) is 5.82 Å². The van der Waals surface area contributed by atoms with E-state index >= 15 is 0 Å². The van der Waals surface area contributed by atoms with Crippen molar-refractivity contribution in [1.29, 1.82) is 0 Å². The second-order valence-corrected chi connectivity index (χ2v) is 6.21. The summed E-state index contributed by atoms with van der Waals surface area (Å²) in [7, 11) is 2.10. The molecule has 6 nitrogen and oxygen atoms in total. The summed E-state index contributed by atoms with van der Waals surface area (Å²) in [5.41, 5.74) is -0.634. The second kappa shape index (κ2) is 6.25. The minimum Gasteiger partial charge on any atom is -0.386 e. The Hall–Kier alpha value is -1.24. The lowest BCUT2D eigenvalue weighted by Crippen LogP contribution is -2.49. The molecule has 0 saturated carbocycles. The number of nitrogens with zero attached hydrogens (tertiary/aromatic N) is 4. The van der Waals surface area contributed by atoms with Gasteiger partial charge in [-0.25, -0.2) is 9.97 Å². The third-order valence-electron chi connectivity index (χ3n) is 4.63. The van der Waals surface area contributed by atoms with Gasteiger partial charge in [-0.1, -0.05) is 0 Å². The fourth-order valence-corrected chi connectivity index (χ4v) is 3.28. The molecule has 1 aromatic heterocycles. The van der Waals surface area contributed by atoms with Crippen molar-refractivity contribution in [3.05, 3.63) is 18.6 Å². The largest absolute Gasteiger partial charge is 0.386 e. The molecule has 0 amide bonds. The van der Waals surface area contributed by atoms with Crippen molar-refractivity contribution in [2.75, 3.05) is 44.8 Å².